The second kappa shape index (κ2) is 10.0. The molecule has 0 radical (unpaired) electrons. The van der Waals surface area contributed by atoms with E-state index in [2.05, 4.69) is 10.6 Å². The van der Waals surface area contributed by atoms with Crippen molar-refractivity contribution in [1.29, 1.82) is 0 Å². The molecule has 0 aromatic heterocycles. The minimum atomic E-state index is -1.05. The van der Waals surface area contributed by atoms with Gasteiger partial charge in [-0.2, -0.15) is 0 Å². The van der Waals surface area contributed by atoms with E-state index in [9.17, 15) is 18.4 Å². The summed E-state index contributed by atoms with van der Waals surface area (Å²) < 4.78 is 32.0. The fourth-order valence-electron chi connectivity index (χ4n) is 3.28. The number of carbonyl (C=O) groups excluding carboxylic acids is 2. The first-order valence-electron chi connectivity index (χ1n) is 9.77. The number of amides is 2. The largest absolute Gasteiger partial charge is 0.490 e. The van der Waals surface area contributed by atoms with Gasteiger partial charge in [0.15, 0.2) is 11.6 Å². The number of nitrogens with one attached hydrogen (secondary N) is 2. The lowest BCUT2D eigenvalue weighted by Crippen LogP contribution is -2.33. The van der Waals surface area contributed by atoms with Crippen LogP contribution in [-0.4, -0.2) is 24.5 Å². The van der Waals surface area contributed by atoms with Crippen molar-refractivity contribution in [3.63, 3.8) is 0 Å². The molecular formula is C22H24F2N2O3. The van der Waals surface area contributed by atoms with Crippen molar-refractivity contribution in [1.82, 2.24) is 5.32 Å². The van der Waals surface area contributed by atoms with Gasteiger partial charge in [0.2, 0.25) is 11.8 Å². The molecule has 5 nitrogen and oxygen atoms in total. The first-order chi connectivity index (χ1) is 14.0. The second-order valence-electron chi connectivity index (χ2n) is 7.13. The molecule has 1 aliphatic rings. The van der Waals surface area contributed by atoms with Gasteiger partial charge < -0.3 is 15.4 Å². The quantitative estimate of drug-likeness (QED) is 0.702. The molecule has 1 fully saturated rings. The van der Waals surface area contributed by atoms with Crippen LogP contribution in [0.4, 0.5) is 14.5 Å². The molecule has 154 valence electrons. The summed E-state index contributed by atoms with van der Waals surface area (Å²) in [5, 5.41) is 4.93. The number of benzene rings is 2. The van der Waals surface area contributed by atoms with E-state index >= 15 is 0 Å². The molecule has 2 aromatic carbocycles. The first-order valence-corrected chi connectivity index (χ1v) is 9.77. The van der Waals surface area contributed by atoms with Crippen LogP contribution >= 0.6 is 0 Å². The van der Waals surface area contributed by atoms with Gasteiger partial charge in [0.1, 0.15) is 5.75 Å². The Balaban J connectivity index is 1.40. The topological polar surface area (TPSA) is 67.4 Å². The molecule has 0 saturated heterocycles. The van der Waals surface area contributed by atoms with E-state index in [4.69, 9.17) is 4.74 Å². The molecule has 1 aliphatic carbocycles. The third kappa shape index (κ3) is 6.55. The zero-order chi connectivity index (χ0) is 20.6. The van der Waals surface area contributed by atoms with Gasteiger partial charge in [-0.05, 0) is 61.9 Å². The van der Waals surface area contributed by atoms with E-state index in [0.29, 0.717) is 6.42 Å². The van der Waals surface area contributed by atoms with Crippen LogP contribution in [0.1, 0.15) is 37.7 Å². The Hall–Kier alpha value is -2.96. The molecule has 29 heavy (non-hydrogen) atoms. The van der Waals surface area contributed by atoms with Gasteiger partial charge in [0.05, 0.1) is 12.6 Å². The predicted octanol–water partition coefficient (Wildman–Crippen LogP) is 3.97. The number of halogens is 2. The van der Waals surface area contributed by atoms with Gasteiger partial charge in [-0.25, -0.2) is 8.78 Å². The van der Waals surface area contributed by atoms with Crippen molar-refractivity contribution < 1.29 is 23.1 Å². The van der Waals surface area contributed by atoms with E-state index in [1.165, 1.54) is 18.9 Å². The molecule has 1 saturated carbocycles. The fraction of sp³-hybridized carbons (Fsp3) is 0.364. The van der Waals surface area contributed by atoms with Crippen molar-refractivity contribution >= 4 is 17.5 Å². The lowest BCUT2D eigenvalue weighted by molar-refractivity contribution is -0.124. The van der Waals surface area contributed by atoms with Gasteiger partial charge in [-0.1, -0.05) is 12.1 Å². The molecule has 0 aliphatic heterocycles. The minimum Gasteiger partial charge on any atom is -0.490 e. The molecule has 0 unspecified atom stereocenters. The van der Waals surface area contributed by atoms with Crippen LogP contribution in [0.25, 0.3) is 0 Å². The van der Waals surface area contributed by atoms with Gasteiger partial charge in [-0.3, -0.25) is 9.59 Å². The summed E-state index contributed by atoms with van der Waals surface area (Å²) in [5.41, 5.74) is 1.11. The van der Waals surface area contributed by atoms with Gasteiger partial charge in [0, 0.05) is 18.2 Å². The van der Waals surface area contributed by atoms with Crippen LogP contribution in [0.5, 0.6) is 5.75 Å². The number of aryl methyl sites for hydroxylation is 1. The summed E-state index contributed by atoms with van der Waals surface area (Å²) in [4.78, 5) is 23.8. The maximum Gasteiger partial charge on any atom is 0.243 e. The van der Waals surface area contributed by atoms with Crippen LogP contribution in [0, 0.1) is 11.6 Å². The van der Waals surface area contributed by atoms with Crippen LogP contribution in [0.3, 0.4) is 0 Å². The normalized spacial score (nSPS) is 13.9. The zero-order valence-corrected chi connectivity index (χ0v) is 16.0. The number of hydrogen-bond donors (Lipinski definition) is 2. The van der Waals surface area contributed by atoms with Crippen LogP contribution in [-0.2, 0) is 16.0 Å². The summed E-state index contributed by atoms with van der Waals surface area (Å²) in [7, 11) is 0. The standard InChI is InChI=1S/C22H24F2N2O3/c23-19-10-9-16(13-20(19)24)26-22(28)14-25-21(27)11-8-15-4-3-7-18(12-15)29-17-5-1-2-6-17/h3-4,7,9-10,12-13,17H,1-2,5-6,8,11,14H2,(H,25,27)(H,26,28). The number of anilines is 1. The maximum atomic E-state index is 13.1. The number of ether oxygens (including phenoxy) is 1. The Labute approximate surface area is 168 Å². The minimum absolute atomic E-state index is 0.127. The van der Waals surface area contributed by atoms with E-state index in [0.717, 1.165) is 36.3 Å². The van der Waals surface area contributed by atoms with Crippen molar-refractivity contribution in [3.8, 4) is 5.75 Å². The highest BCUT2D eigenvalue weighted by Crippen LogP contribution is 2.24. The van der Waals surface area contributed by atoms with E-state index in [1.54, 1.807) is 0 Å². The Morgan fingerprint density at radius 2 is 1.79 bits per heavy atom. The van der Waals surface area contributed by atoms with E-state index in [1.807, 2.05) is 24.3 Å². The number of rotatable bonds is 8. The average molecular weight is 402 g/mol. The van der Waals surface area contributed by atoms with Crippen molar-refractivity contribution in [2.24, 2.45) is 0 Å². The molecule has 7 heteroatoms. The van der Waals surface area contributed by atoms with Crippen molar-refractivity contribution in [2.75, 3.05) is 11.9 Å². The summed E-state index contributed by atoms with van der Waals surface area (Å²) in [5.74, 6) is -2.01. The van der Waals surface area contributed by atoms with E-state index < -0.39 is 17.5 Å². The molecule has 0 bridgehead atoms. The summed E-state index contributed by atoms with van der Waals surface area (Å²) in [6.07, 6.45) is 5.60. The van der Waals surface area contributed by atoms with Gasteiger partial charge >= 0.3 is 0 Å². The highest BCUT2D eigenvalue weighted by atomic mass is 19.2. The van der Waals surface area contributed by atoms with Crippen molar-refractivity contribution in [3.05, 3.63) is 59.7 Å². The molecule has 0 atom stereocenters. The third-order valence-electron chi connectivity index (χ3n) is 4.79. The Morgan fingerprint density at radius 1 is 1.00 bits per heavy atom. The Morgan fingerprint density at radius 3 is 2.55 bits per heavy atom. The highest BCUT2D eigenvalue weighted by Gasteiger charge is 2.16. The molecular weight excluding hydrogens is 378 g/mol. The number of carbonyl (C=O) groups is 2. The Bertz CT molecular complexity index is 867. The molecule has 2 aromatic rings. The summed E-state index contributed by atoms with van der Waals surface area (Å²) in [6, 6.07) is 10.8. The fourth-order valence-corrected chi connectivity index (χ4v) is 3.28. The zero-order valence-electron chi connectivity index (χ0n) is 16.0. The lowest BCUT2D eigenvalue weighted by atomic mass is 10.1. The van der Waals surface area contributed by atoms with Gasteiger partial charge in [0.25, 0.3) is 0 Å². The number of hydrogen-bond acceptors (Lipinski definition) is 3. The summed E-state index contributed by atoms with van der Waals surface area (Å²) >= 11 is 0. The monoisotopic (exact) mass is 402 g/mol. The van der Waals surface area contributed by atoms with Crippen LogP contribution in [0.15, 0.2) is 42.5 Å². The molecule has 0 spiro atoms. The Kier molecular flexibility index (Phi) is 7.16. The second-order valence-corrected chi connectivity index (χ2v) is 7.13. The van der Waals surface area contributed by atoms with Crippen LogP contribution in [0.2, 0.25) is 0 Å². The molecule has 2 N–H and O–H groups in total. The van der Waals surface area contributed by atoms with Gasteiger partial charge in [-0.15, -0.1) is 0 Å². The SMILES string of the molecule is O=C(CCc1cccc(OC2CCCC2)c1)NCC(=O)Nc1ccc(F)c(F)c1. The first kappa shape index (κ1) is 20.8. The molecule has 3 rings (SSSR count). The lowest BCUT2D eigenvalue weighted by Gasteiger charge is -2.13. The highest BCUT2D eigenvalue weighted by molar-refractivity contribution is 5.94. The van der Waals surface area contributed by atoms with E-state index in [-0.39, 0.29) is 30.7 Å². The smallest absolute Gasteiger partial charge is 0.243 e. The molecule has 2 amide bonds. The summed E-state index contributed by atoms with van der Waals surface area (Å²) in [6.45, 7) is -0.247. The van der Waals surface area contributed by atoms with Crippen LogP contribution < -0.4 is 15.4 Å². The third-order valence-corrected chi connectivity index (χ3v) is 4.79. The van der Waals surface area contributed by atoms with Crippen molar-refractivity contribution in [2.45, 2.75) is 44.6 Å². The molecule has 0 heterocycles. The maximum absolute atomic E-state index is 13.1. The predicted molar refractivity (Wildman–Crippen MR) is 106 cm³/mol. The average Bonchev–Trinajstić information content (AvgIpc) is 3.21.